The van der Waals surface area contributed by atoms with Crippen LogP contribution >= 0.6 is 0 Å². The molecule has 2 rings (SSSR count). The molecule has 1 aromatic carbocycles. The van der Waals surface area contributed by atoms with Crippen molar-refractivity contribution in [3.63, 3.8) is 0 Å². The number of anilines is 1. The normalized spacial score (nSPS) is 10.2. The van der Waals surface area contributed by atoms with Gasteiger partial charge in [0.25, 0.3) is 5.89 Å². The molecule has 0 atom stereocenters. The largest absolute Gasteiger partial charge is 0.490 e. The van der Waals surface area contributed by atoms with Crippen molar-refractivity contribution in [2.75, 3.05) is 12.8 Å². The number of hydrogen-bond acceptors (Lipinski definition) is 7. The minimum absolute atomic E-state index is 0.0566. The molecule has 0 aliphatic heterocycles. The van der Waals surface area contributed by atoms with Crippen LogP contribution in [0.15, 0.2) is 22.6 Å². The van der Waals surface area contributed by atoms with Crippen molar-refractivity contribution in [2.45, 2.75) is 0 Å². The zero-order valence-corrected chi connectivity index (χ0v) is 8.78. The Morgan fingerprint density at radius 2 is 2.24 bits per heavy atom. The Morgan fingerprint density at radius 1 is 1.47 bits per heavy atom. The molecule has 0 aliphatic carbocycles. The lowest BCUT2D eigenvalue weighted by molar-refractivity contribution is -0.385. The fourth-order valence-electron chi connectivity index (χ4n) is 1.39. The molecule has 88 valence electrons. The molecule has 2 aromatic rings. The maximum Gasteiger partial charge on any atom is 0.313 e. The third-order valence-corrected chi connectivity index (χ3v) is 2.07. The Labute approximate surface area is 95.2 Å². The highest BCUT2D eigenvalue weighted by Gasteiger charge is 2.22. The van der Waals surface area contributed by atoms with E-state index < -0.39 is 4.92 Å². The Balaban J connectivity index is 2.61. The van der Waals surface area contributed by atoms with E-state index >= 15 is 0 Å². The van der Waals surface area contributed by atoms with Gasteiger partial charge in [-0.05, 0) is 6.07 Å². The number of rotatable bonds is 3. The number of methoxy groups -OCH3 is 1. The van der Waals surface area contributed by atoms with E-state index in [1.807, 2.05) is 0 Å². The average Bonchev–Trinajstić information content (AvgIpc) is 2.74. The Hall–Kier alpha value is -2.64. The van der Waals surface area contributed by atoms with Gasteiger partial charge in [0.2, 0.25) is 5.75 Å². The van der Waals surface area contributed by atoms with Crippen molar-refractivity contribution in [3.8, 4) is 17.2 Å². The van der Waals surface area contributed by atoms with Gasteiger partial charge >= 0.3 is 11.7 Å². The zero-order chi connectivity index (χ0) is 12.4. The van der Waals surface area contributed by atoms with Crippen LogP contribution in [0.1, 0.15) is 0 Å². The number of nitrogens with two attached hydrogens (primary N) is 1. The number of ether oxygens (including phenoxy) is 1. The van der Waals surface area contributed by atoms with Gasteiger partial charge in [0.15, 0.2) is 0 Å². The monoisotopic (exact) mass is 236 g/mol. The number of benzene rings is 1. The van der Waals surface area contributed by atoms with Crippen LogP contribution in [0, 0.1) is 10.1 Å². The number of aromatic nitrogens is 2. The summed E-state index contributed by atoms with van der Waals surface area (Å²) in [6.45, 7) is 0. The summed E-state index contributed by atoms with van der Waals surface area (Å²) >= 11 is 0. The molecule has 1 heterocycles. The summed E-state index contributed by atoms with van der Waals surface area (Å²) in [5.74, 6) is 0.129. The van der Waals surface area contributed by atoms with Crippen LogP contribution in [-0.2, 0) is 0 Å². The van der Waals surface area contributed by atoms with Gasteiger partial charge in [-0.2, -0.15) is 0 Å². The van der Waals surface area contributed by atoms with Crippen molar-refractivity contribution in [3.05, 3.63) is 28.3 Å². The third-order valence-electron chi connectivity index (χ3n) is 2.07. The molecule has 0 aliphatic rings. The summed E-state index contributed by atoms with van der Waals surface area (Å²) in [6, 6.07) is 4.27. The van der Waals surface area contributed by atoms with Crippen molar-refractivity contribution in [1.82, 2.24) is 10.2 Å². The first-order chi connectivity index (χ1) is 8.13. The second-order valence-electron chi connectivity index (χ2n) is 3.06. The molecule has 0 radical (unpaired) electrons. The fraction of sp³-hybridized carbons (Fsp3) is 0.111. The van der Waals surface area contributed by atoms with Crippen molar-refractivity contribution < 1.29 is 14.1 Å². The van der Waals surface area contributed by atoms with Crippen LogP contribution in [0.5, 0.6) is 5.75 Å². The quantitative estimate of drug-likeness (QED) is 0.628. The smallest absolute Gasteiger partial charge is 0.313 e. The molecule has 0 amide bonds. The van der Waals surface area contributed by atoms with Crippen LogP contribution < -0.4 is 10.5 Å². The second-order valence-corrected chi connectivity index (χ2v) is 3.06. The Bertz CT molecular complexity index is 566. The van der Waals surface area contributed by atoms with Crippen LogP contribution in [0.2, 0.25) is 0 Å². The summed E-state index contributed by atoms with van der Waals surface area (Å²) in [4.78, 5) is 10.3. The van der Waals surface area contributed by atoms with E-state index in [4.69, 9.17) is 14.9 Å². The Kier molecular flexibility index (Phi) is 2.61. The van der Waals surface area contributed by atoms with Gasteiger partial charge in [-0.3, -0.25) is 10.1 Å². The number of para-hydroxylation sites is 1. The van der Waals surface area contributed by atoms with E-state index in [-0.39, 0.29) is 23.3 Å². The van der Waals surface area contributed by atoms with E-state index in [0.29, 0.717) is 5.56 Å². The second kappa shape index (κ2) is 4.08. The lowest BCUT2D eigenvalue weighted by atomic mass is 10.1. The van der Waals surface area contributed by atoms with Crippen LogP contribution in [0.3, 0.4) is 0 Å². The van der Waals surface area contributed by atoms with Gasteiger partial charge in [-0.1, -0.05) is 11.2 Å². The van der Waals surface area contributed by atoms with Gasteiger partial charge in [0, 0.05) is 6.07 Å². The molecule has 2 N–H and O–H groups in total. The molecule has 8 heteroatoms. The molecule has 0 fully saturated rings. The number of nitro groups is 1. The first kappa shape index (κ1) is 10.9. The summed E-state index contributed by atoms with van der Waals surface area (Å²) in [5, 5.41) is 17.9. The average molecular weight is 236 g/mol. The summed E-state index contributed by atoms with van der Waals surface area (Å²) in [7, 11) is 1.32. The van der Waals surface area contributed by atoms with Crippen LogP contribution in [-0.4, -0.2) is 22.2 Å². The minimum atomic E-state index is -0.554. The van der Waals surface area contributed by atoms with Crippen molar-refractivity contribution in [1.29, 1.82) is 0 Å². The maximum atomic E-state index is 10.8. The molecule has 0 saturated heterocycles. The van der Waals surface area contributed by atoms with E-state index in [2.05, 4.69) is 10.2 Å². The van der Waals surface area contributed by atoms with Gasteiger partial charge in [0.1, 0.15) is 0 Å². The predicted octanol–water partition coefficient (Wildman–Crippen LogP) is 1.24. The first-order valence-corrected chi connectivity index (χ1v) is 4.54. The molecule has 0 spiro atoms. The van der Waals surface area contributed by atoms with Crippen molar-refractivity contribution >= 4 is 11.7 Å². The zero-order valence-electron chi connectivity index (χ0n) is 8.78. The molecule has 1 aromatic heterocycles. The summed E-state index contributed by atoms with van der Waals surface area (Å²) < 4.78 is 9.99. The molecular weight excluding hydrogens is 228 g/mol. The highest BCUT2D eigenvalue weighted by atomic mass is 16.6. The van der Waals surface area contributed by atoms with Gasteiger partial charge in [-0.25, -0.2) is 0 Å². The highest BCUT2D eigenvalue weighted by molar-refractivity contribution is 5.70. The topological polar surface area (TPSA) is 117 Å². The first-order valence-electron chi connectivity index (χ1n) is 4.54. The molecule has 17 heavy (non-hydrogen) atoms. The highest BCUT2D eigenvalue weighted by Crippen LogP contribution is 2.36. The van der Waals surface area contributed by atoms with E-state index in [0.717, 1.165) is 0 Å². The third kappa shape index (κ3) is 1.87. The summed E-state index contributed by atoms with van der Waals surface area (Å²) in [6.07, 6.45) is 0. The number of hydrogen-bond donors (Lipinski definition) is 1. The molecule has 8 nitrogen and oxygen atoms in total. The molecule has 0 bridgehead atoms. The van der Waals surface area contributed by atoms with Crippen LogP contribution in [0.4, 0.5) is 11.7 Å². The van der Waals surface area contributed by atoms with Gasteiger partial charge in [0.05, 0.1) is 17.6 Å². The summed E-state index contributed by atoms with van der Waals surface area (Å²) in [5.41, 5.74) is 5.44. The SMILES string of the molecule is COc1c(-c2nnc(N)o2)cccc1[N+](=O)[O-]. The molecule has 0 saturated carbocycles. The fourth-order valence-corrected chi connectivity index (χ4v) is 1.39. The number of nitro benzene ring substituents is 1. The lowest BCUT2D eigenvalue weighted by Crippen LogP contribution is -1.95. The van der Waals surface area contributed by atoms with Gasteiger partial charge < -0.3 is 14.9 Å². The van der Waals surface area contributed by atoms with E-state index in [1.165, 1.54) is 19.2 Å². The standard InChI is InChI=1S/C9H8N4O4/c1-16-7-5(8-11-12-9(10)17-8)3-2-4-6(7)13(14)15/h2-4H,1H3,(H2,10,12). The van der Waals surface area contributed by atoms with Crippen molar-refractivity contribution in [2.24, 2.45) is 0 Å². The predicted molar refractivity (Wildman–Crippen MR) is 57.4 cm³/mol. The molecular formula is C9H8N4O4. The lowest BCUT2D eigenvalue weighted by Gasteiger charge is -2.04. The van der Waals surface area contributed by atoms with Crippen LogP contribution in [0.25, 0.3) is 11.5 Å². The Morgan fingerprint density at radius 3 is 2.76 bits per heavy atom. The van der Waals surface area contributed by atoms with E-state index in [1.54, 1.807) is 6.07 Å². The maximum absolute atomic E-state index is 10.8. The van der Waals surface area contributed by atoms with Gasteiger partial charge in [-0.15, -0.1) is 5.10 Å². The number of nitrogens with zero attached hydrogens (tertiary/aromatic N) is 3. The molecule has 0 unspecified atom stereocenters. The van der Waals surface area contributed by atoms with E-state index in [9.17, 15) is 10.1 Å². The number of nitrogen functional groups attached to an aromatic ring is 1. The minimum Gasteiger partial charge on any atom is -0.490 e.